The number of hydrogen-bond acceptors (Lipinski definition) is 5. The Bertz CT molecular complexity index is 938. The van der Waals surface area contributed by atoms with E-state index in [2.05, 4.69) is 33.1 Å². The maximum Gasteiger partial charge on any atom is 0.263 e. The number of carbonyl (C=O) groups is 1. The van der Waals surface area contributed by atoms with Crippen molar-refractivity contribution in [1.82, 2.24) is 14.9 Å². The van der Waals surface area contributed by atoms with Crippen LogP contribution in [0.1, 0.15) is 34.5 Å². The molecule has 4 rings (SSSR count). The van der Waals surface area contributed by atoms with Crippen LogP contribution in [0.5, 0.6) is 0 Å². The Balaban J connectivity index is 1.73. The van der Waals surface area contributed by atoms with Crippen LogP contribution < -0.4 is 4.90 Å². The lowest BCUT2D eigenvalue weighted by Gasteiger charge is -2.36. The molecule has 140 valence electrons. The largest absolute Gasteiger partial charge is 0.344 e. The Morgan fingerprint density at radius 1 is 1.19 bits per heavy atom. The minimum absolute atomic E-state index is 0.0875. The first kappa shape index (κ1) is 17.9. The van der Waals surface area contributed by atoms with Crippen LogP contribution in [0.25, 0.3) is 10.1 Å². The summed E-state index contributed by atoms with van der Waals surface area (Å²) in [6.07, 6.45) is 7.90. The molecular formula is C21H24N4OS. The average Bonchev–Trinajstić information content (AvgIpc) is 3.07. The lowest BCUT2D eigenvalue weighted by molar-refractivity contribution is 0.0831. The molecule has 1 saturated heterocycles. The maximum atomic E-state index is 12.8. The normalized spacial score (nSPS) is 17.3. The van der Waals surface area contributed by atoms with Crippen LogP contribution in [0.15, 0.2) is 42.7 Å². The van der Waals surface area contributed by atoms with Crippen LogP contribution >= 0.6 is 11.3 Å². The maximum absolute atomic E-state index is 12.8. The number of anilines is 1. The summed E-state index contributed by atoms with van der Waals surface area (Å²) < 4.78 is 1.18. The van der Waals surface area contributed by atoms with Crippen LogP contribution in [0.2, 0.25) is 0 Å². The van der Waals surface area contributed by atoms with Crippen molar-refractivity contribution in [2.75, 3.05) is 25.5 Å². The third-order valence-corrected chi connectivity index (χ3v) is 6.38. The molecule has 6 heteroatoms. The van der Waals surface area contributed by atoms with Crippen molar-refractivity contribution in [3.63, 3.8) is 0 Å². The topological polar surface area (TPSA) is 49.3 Å². The Morgan fingerprint density at radius 2 is 1.96 bits per heavy atom. The first-order valence-corrected chi connectivity index (χ1v) is 10.2. The summed E-state index contributed by atoms with van der Waals surface area (Å²) in [6.45, 7) is 0.966. The molecule has 1 aliphatic rings. The molecule has 0 unspecified atom stereocenters. The number of amides is 1. The van der Waals surface area contributed by atoms with Gasteiger partial charge in [-0.25, -0.2) is 9.97 Å². The second-order valence-corrected chi connectivity index (χ2v) is 8.25. The average molecular weight is 381 g/mol. The highest BCUT2D eigenvalue weighted by Crippen LogP contribution is 2.35. The molecule has 1 atom stereocenters. The summed E-state index contributed by atoms with van der Waals surface area (Å²) in [5, 5.41) is 1.20. The lowest BCUT2D eigenvalue weighted by Crippen LogP contribution is -2.42. The molecule has 1 fully saturated rings. The highest BCUT2D eigenvalue weighted by molar-refractivity contribution is 7.21. The number of carbonyl (C=O) groups excluding carboxylic acids is 1. The van der Waals surface area contributed by atoms with Gasteiger partial charge in [0.1, 0.15) is 0 Å². The highest BCUT2D eigenvalue weighted by atomic mass is 32.1. The number of nitrogens with zero attached hydrogens (tertiary/aromatic N) is 4. The smallest absolute Gasteiger partial charge is 0.263 e. The zero-order chi connectivity index (χ0) is 18.8. The Kier molecular flexibility index (Phi) is 5.07. The van der Waals surface area contributed by atoms with Crippen molar-refractivity contribution in [2.45, 2.75) is 31.7 Å². The number of fused-ring (bicyclic) bond motifs is 1. The highest BCUT2D eigenvalue weighted by Gasteiger charge is 2.28. The van der Waals surface area contributed by atoms with Gasteiger partial charge >= 0.3 is 0 Å². The van der Waals surface area contributed by atoms with E-state index in [1.807, 2.05) is 26.2 Å². The molecule has 3 aromatic rings. The van der Waals surface area contributed by atoms with Gasteiger partial charge in [0, 0.05) is 43.8 Å². The van der Waals surface area contributed by atoms with Gasteiger partial charge in [-0.15, -0.1) is 11.3 Å². The van der Waals surface area contributed by atoms with Gasteiger partial charge in [-0.3, -0.25) is 4.79 Å². The number of thiophene rings is 1. The first-order chi connectivity index (χ1) is 13.1. The quantitative estimate of drug-likeness (QED) is 0.687. The second kappa shape index (κ2) is 7.64. The first-order valence-electron chi connectivity index (χ1n) is 9.41. The van der Waals surface area contributed by atoms with E-state index in [1.54, 1.807) is 28.6 Å². The number of benzene rings is 1. The molecule has 0 bridgehead atoms. The molecule has 1 amide bonds. The molecule has 2 aromatic heterocycles. The summed E-state index contributed by atoms with van der Waals surface area (Å²) >= 11 is 1.60. The molecule has 0 N–H and O–H groups in total. The standard InChI is InChI=1S/C21H24N4OS/c1-24(2)20(26)19-17(16-9-3-4-10-18(16)27-19)14-15-8-5-6-13-25(15)21-22-11-7-12-23-21/h3-4,7,9-12,15H,5-6,8,13-14H2,1-2H3/t15-/m0/s1. The lowest BCUT2D eigenvalue weighted by atomic mass is 9.94. The van der Waals surface area contributed by atoms with Crippen LogP contribution in [0.3, 0.4) is 0 Å². The summed E-state index contributed by atoms with van der Waals surface area (Å²) in [5.41, 5.74) is 1.17. The zero-order valence-corrected chi connectivity index (χ0v) is 16.6. The summed E-state index contributed by atoms with van der Waals surface area (Å²) in [5.74, 6) is 0.881. The Morgan fingerprint density at radius 3 is 2.74 bits per heavy atom. The predicted octanol–water partition coefficient (Wildman–Crippen LogP) is 3.99. The summed E-state index contributed by atoms with van der Waals surface area (Å²) in [6, 6.07) is 10.5. The van der Waals surface area contributed by atoms with Crippen LogP contribution in [0, 0.1) is 0 Å². The van der Waals surface area contributed by atoms with E-state index in [1.165, 1.54) is 22.1 Å². The number of rotatable bonds is 4. The van der Waals surface area contributed by atoms with Gasteiger partial charge in [0.25, 0.3) is 5.91 Å². The molecule has 5 nitrogen and oxygen atoms in total. The minimum atomic E-state index is 0.0875. The number of aromatic nitrogens is 2. The van der Waals surface area contributed by atoms with Crippen LogP contribution in [0.4, 0.5) is 5.95 Å². The van der Waals surface area contributed by atoms with Gasteiger partial charge in [-0.1, -0.05) is 18.2 Å². The molecular weight excluding hydrogens is 356 g/mol. The van der Waals surface area contributed by atoms with Gasteiger partial charge in [0.05, 0.1) is 4.88 Å². The molecule has 0 radical (unpaired) electrons. The third kappa shape index (κ3) is 3.54. The fourth-order valence-electron chi connectivity index (χ4n) is 3.83. The van der Waals surface area contributed by atoms with E-state index in [0.29, 0.717) is 6.04 Å². The van der Waals surface area contributed by atoms with E-state index in [0.717, 1.165) is 36.6 Å². The van der Waals surface area contributed by atoms with Crippen molar-refractivity contribution < 1.29 is 4.79 Å². The van der Waals surface area contributed by atoms with Crippen molar-refractivity contribution in [3.05, 3.63) is 53.2 Å². The third-order valence-electron chi connectivity index (χ3n) is 5.17. The van der Waals surface area contributed by atoms with Crippen molar-refractivity contribution in [2.24, 2.45) is 0 Å². The van der Waals surface area contributed by atoms with Crippen molar-refractivity contribution in [1.29, 1.82) is 0 Å². The van der Waals surface area contributed by atoms with Crippen LogP contribution in [-0.2, 0) is 6.42 Å². The molecule has 0 spiro atoms. The van der Waals surface area contributed by atoms with E-state index in [-0.39, 0.29) is 5.91 Å². The summed E-state index contributed by atoms with van der Waals surface area (Å²) in [4.78, 5) is 26.6. The van der Waals surface area contributed by atoms with E-state index >= 15 is 0 Å². The van der Waals surface area contributed by atoms with E-state index < -0.39 is 0 Å². The Labute approximate surface area is 163 Å². The molecule has 1 aromatic carbocycles. The number of piperidine rings is 1. The molecule has 1 aliphatic heterocycles. The van der Waals surface area contributed by atoms with E-state index in [4.69, 9.17) is 0 Å². The van der Waals surface area contributed by atoms with Gasteiger partial charge in [-0.05, 0) is 48.8 Å². The van der Waals surface area contributed by atoms with Crippen molar-refractivity contribution >= 4 is 33.3 Å². The zero-order valence-electron chi connectivity index (χ0n) is 15.8. The fourth-order valence-corrected chi connectivity index (χ4v) is 5.08. The Hall–Kier alpha value is -2.47. The SMILES string of the molecule is CN(C)C(=O)c1sc2ccccc2c1C[C@@H]1CCCCN1c1ncccn1. The van der Waals surface area contributed by atoms with E-state index in [9.17, 15) is 4.79 Å². The summed E-state index contributed by atoms with van der Waals surface area (Å²) in [7, 11) is 3.64. The molecule has 27 heavy (non-hydrogen) atoms. The molecule has 3 heterocycles. The molecule has 0 saturated carbocycles. The number of hydrogen-bond donors (Lipinski definition) is 0. The predicted molar refractivity (Wildman–Crippen MR) is 111 cm³/mol. The van der Waals surface area contributed by atoms with Gasteiger partial charge in [0.15, 0.2) is 0 Å². The fraction of sp³-hybridized carbons (Fsp3) is 0.381. The van der Waals surface area contributed by atoms with Crippen LogP contribution in [-0.4, -0.2) is 47.5 Å². The van der Waals surface area contributed by atoms with Gasteiger partial charge in [0.2, 0.25) is 5.95 Å². The monoisotopic (exact) mass is 380 g/mol. The minimum Gasteiger partial charge on any atom is -0.344 e. The van der Waals surface area contributed by atoms with Crippen molar-refractivity contribution in [3.8, 4) is 0 Å². The second-order valence-electron chi connectivity index (χ2n) is 7.20. The van der Waals surface area contributed by atoms with Gasteiger partial charge in [-0.2, -0.15) is 0 Å². The molecule has 0 aliphatic carbocycles. The van der Waals surface area contributed by atoms with Gasteiger partial charge < -0.3 is 9.80 Å².